The summed E-state index contributed by atoms with van der Waals surface area (Å²) in [6.45, 7) is 5.19. The Morgan fingerprint density at radius 2 is 1.70 bits per heavy atom. The third-order valence-corrected chi connectivity index (χ3v) is 7.65. The van der Waals surface area contributed by atoms with Crippen LogP contribution in [0.25, 0.3) is 0 Å². The molecule has 4 saturated carbocycles. The predicted molar refractivity (Wildman–Crippen MR) is 115 cm³/mol. The number of halogens is 1. The molecule has 0 unspecified atom stereocenters. The molecule has 4 bridgehead atoms. The molecule has 0 radical (unpaired) electrons. The predicted octanol–water partition coefficient (Wildman–Crippen LogP) is 5.03. The zero-order valence-electron chi connectivity index (χ0n) is 17.9. The van der Waals surface area contributed by atoms with E-state index in [1.54, 1.807) is 12.1 Å². The number of carbonyl (C=O) groups excluding carboxylic acids is 1. The van der Waals surface area contributed by atoms with Crippen molar-refractivity contribution < 1.29 is 9.18 Å². The lowest BCUT2D eigenvalue weighted by Gasteiger charge is -2.56. The van der Waals surface area contributed by atoms with Crippen molar-refractivity contribution >= 4 is 11.7 Å². The normalized spacial score (nSPS) is 29.2. The summed E-state index contributed by atoms with van der Waals surface area (Å²) in [5.41, 5.74) is 3.75. The van der Waals surface area contributed by atoms with E-state index in [0.717, 1.165) is 46.9 Å². The van der Waals surface area contributed by atoms with Crippen LogP contribution in [0.4, 0.5) is 14.9 Å². The number of nitrogens with one attached hydrogen (secondary N) is 2. The Labute approximate surface area is 177 Å². The number of anilines is 1. The number of benzene rings is 1. The summed E-state index contributed by atoms with van der Waals surface area (Å²) in [6.07, 6.45) is 8.10. The summed E-state index contributed by atoms with van der Waals surface area (Å²) in [7, 11) is 0. The minimum atomic E-state index is -0.245. The van der Waals surface area contributed by atoms with Crippen LogP contribution in [0.1, 0.15) is 55.5 Å². The molecule has 2 amide bonds. The average molecular weight is 411 g/mol. The van der Waals surface area contributed by atoms with Crippen LogP contribution < -0.4 is 10.6 Å². The van der Waals surface area contributed by atoms with E-state index in [1.165, 1.54) is 50.7 Å². The molecule has 0 saturated heterocycles. The lowest BCUT2D eigenvalue weighted by Crippen LogP contribution is -2.51. The summed E-state index contributed by atoms with van der Waals surface area (Å²) < 4.78 is 15.0. The largest absolute Gasteiger partial charge is 0.337 e. The number of aryl methyl sites for hydroxylation is 1. The van der Waals surface area contributed by atoms with Gasteiger partial charge < -0.3 is 10.6 Å². The molecular formula is C24H31FN4O. The topological polar surface area (TPSA) is 59.0 Å². The molecule has 2 N–H and O–H groups in total. The lowest BCUT2D eigenvalue weighted by atomic mass is 9.49. The Bertz CT molecular complexity index is 914. The minimum Gasteiger partial charge on any atom is -0.337 e. The molecule has 160 valence electrons. The van der Waals surface area contributed by atoms with Crippen molar-refractivity contribution in [1.82, 2.24) is 15.1 Å². The van der Waals surface area contributed by atoms with Gasteiger partial charge in [-0.05, 0) is 93.2 Å². The Balaban J connectivity index is 1.22. The standard InChI is InChI=1S/C24H31FN4O/c1-15-22(16(2)29(28-15)13-17-3-5-21(25)6-4-17)27-23(30)26-14-24-10-18-7-19(11-24)9-20(8-18)12-24/h3-6,18-20H,7-14H2,1-2H3,(H2,26,27,30). The van der Waals surface area contributed by atoms with Gasteiger partial charge in [-0.2, -0.15) is 5.10 Å². The van der Waals surface area contributed by atoms with E-state index in [1.807, 2.05) is 18.5 Å². The van der Waals surface area contributed by atoms with Crippen LogP contribution in [-0.2, 0) is 6.54 Å². The molecule has 5 nitrogen and oxygen atoms in total. The van der Waals surface area contributed by atoms with Gasteiger partial charge in [0.2, 0.25) is 0 Å². The second-order valence-electron chi connectivity index (χ2n) is 10.1. The lowest BCUT2D eigenvalue weighted by molar-refractivity contribution is -0.0496. The quantitative estimate of drug-likeness (QED) is 0.727. The third kappa shape index (κ3) is 3.72. The van der Waals surface area contributed by atoms with E-state index < -0.39 is 0 Å². The fraction of sp³-hybridized carbons (Fsp3) is 0.583. The summed E-state index contributed by atoms with van der Waals surface area (Å²) in [4.78, 5) is 12.7. The first kappa shape index (κ1) is 19.6. The SMILES string of the molecule is Cc1nn(Cc2ccc(F)cc2)c(C)c1NC(=O)NCC12CC3CC(CC(C3)C1)C2. The molecule has 30 heavy (non-hydrogen) atoms. The van der Waals surface area contributed by atoms with E-state index in [0.29, 0.717) is 12.0 Å². The minimum absolute atomic E-state index is 0.140. The van der Waals surface area contributed by atoms with Crippen LogP contribution in [0.2, 0.25) is 0 Å². The Kier molecular flexibility index (Phi) is 4.83. The molecular weight excluding hydrogens is 379 g/mol. The second-order valence-corrected chi connectivity index (χ2v) is 10.1. The molecule has 1 heterocycles. The zero-order valence-corrected chi connectivity index (χ0v) is 17.9. The van der Waals surface area contributed by atoms with Crippen LogP contribution >= 0.6 is 0 Å². The highest BCUT2D eigenvalue weighted by atomic mass is 19.1. The molecule has 0 aliphatic heterocycles. The third-order valence-electron chi connectivity index (χ3n) is 7.65. The maximum Gasteiger partial charge on any atom is 0.319 e. The van der Waals surface area contributed by atoms with Crippen molar-refractivity contribution in [3.63, 3.8) is 0 Å². The van der Waals surface area contributed by atoms with Gasteiger partial charge in [0, 0.05) is 6.54 Å². The maximum absolute atomic E-state index is 13.1. The molecule has 4 aliphatic rings. The van der Waals surface area contributed by atoms with E-state index in [2.05, 4.69) is 15.7 Å². The number of carbonyl (C=O) groups is 1. The van der Waals surface area contributed by atoms with Gasteiger partial charge in [0.05, 0.1) is 23.6 Å². The molecule has 1 aromatic carbocycles. The summed E-state index contributed by atoms with van der Waals surface area (Å²) in [5.74, 6) is 2.41. The molecule has 6 heteroatoms. The average Bonchev–Trinajstić information content (AvgIpc) is 2.95. The first-order valence-corrected chi connectivity index (χ1v) is 11.2. The number of hydrogen-bond acceptors (Lipinski definition) is 2. The van der Waals surface area contributed by atoms with Gasteiger partial charge in [0.15, 0.2) is 0 Å². The van der Waals surface area contributed by atoms with Crippen molar-refractivity contribution in [2.75, 3.05) is 11.9 Å². The number of hydrogen-bond donors (Lipinski definition) is 2. The summed E-state index contributed by atoms with van der Waals surface area (Å²) >= 11 is 0. The van der Waals surface area contributed by atoms with Crippen LogP contribution in [0.15, 0.2) is 24.3 Å². The number of aromatic nitrogens is 2. The highest BCUT2D eigenvalue weighted by Gasteiger charge is 2.50. The first-order valence-electron chi connectivity index (χ1n) is 11.2. The molecule has 4 aliphatic carbocycles. The molecule has 0 atom stereocenters. The van der Waals surface area contributed by atoms with E-state index in [4.69, 9.17) is 0 Å². The maximum atomic E-state index is 13.1. The smallest absolute Gasteiger partial charge is 0.319 e. The van der Waals surface area contributed by atoms with Gasteiger partial charge in [-0.15, -0.1) is 0 Å². The fourth-order valence-corrected chi connectivity index (χ4v) is 6.73. The molecule has 1 aromatic heterocycles. The highest BCUT2D eigenvalue weighted by molar-refractivity contribution is 5.90. The molecule has 6 rings (SSSR count). The summed E-state index contributed by atoms with van der Waals surface area (Å²) in [6, 6.07) is 6.29. The zero-order chi connectivity index (χ0) is 20.9. The van der Waals surface area contributed by atoms with Crippen LogP contribution in [0, 0.1) is 42.8 Å². The van der Waals surface area contributed by atoms with Crippen molar-refractivity contribution in [3.05, 3.63) is 47.0 Å². The number of rotatable bonds is 5. The van der Waals surface area contributed by atoms with Crippen LogP contribution in [-0.4, -0.2) is 22.4 Å². The van der Waals surface area contributed by atoms with Crippen molar-refractivity contribution in [2.45, 2.75) is 58.9 Å². The van der Waals surface area contributed by atoms with Gasteiger partial charge in [-0.1, -0.05) is 12.1 Å². The van der Waals surface area contributed by atoms with Crippen molar-refractivity contribution in [1.29, 1.82) is 0 Å². The number of nitrogens with zero attached hydrogens (tertiary/aromatic N) is 2. The fourth-order valence-electron chi connectivity index (χ4n) is 6.73. The first-order chi connectivity index (χ1) is 14.4. The highest BCUT2D eigenvalue weighted by Crippen LogP contribution is 2.59. The van der Waals surface area contributed by atoms with Gasteiger partial charge >= 0.3 is 6.03 Å². The Morgan fingerprint density at radius 1 is 1.10 bits per heavy atom. The van der Waals surface area contributed by atoms with Crippen LogP contribution in [0.5, 0.6) is 0 Å². The van der Waals surface area contributed by atoms with E-state index >= 15 is 0 Å². The molecule has 2 aromatic rings. The monoisotopic (exact) mass is 410 g/mol. The summed E-state index contributed by atoms with van der Waals surface area (Å²) in [5, 5.41) is 10.8. The Hall–Kier alpha value is -2.37. The Morgan fingerprint density at radius 3 is 2.30 bits per heavy atom. The van der Waals surface area contributed by atoms with E-state index in [9.17, 15) is 9.18 Å². The number of urea groups is 1. The molecule has 4 fully saturated rings. The van der Waals surface area contributed by atoms with Crippen molar-refractivity contribution in [2.24, 2.45) is 23.2 Å². The van der Waals surface area contributed by atoms with Crippen molar-refractivity contribution in [3.8, 4) is 0 Å². The van der Waals surface area contributed by atoms with Gasteiger partial charge in [-0.25, -0.2) is 9.18 Å². The van der Waals surface area contributed by atoms with E-state index in [-0.39, 0.29) is 11.8 Å². The second kappa shape index (κ2) is 7.40. The molecule has 0 spiro atoms. The number of amides is 2. The van der Waals surface area contributed by atoms with Gasteiger partial charge in [0.1, 0.15) is 5.82 Å². The van der Waals surface area contributed by atoms with Gasteiger partial charge in [-0.3, -0.25) is 4.68 Å². The van der Waals surface area contributed by atoms with Gasteiger partial charge in [0.25, 0.3) is 0 Å². The van der Waals surface area contributed by atoms with Crippen LogP contribution in [0.3, 0.4) is 0 Å².